The zero-order valence-electron chi connectivity index (χ0n) is 10.6. The number of rotatable bonds is 2. The lowest BCUT2D eigenvalue weighted by Gasteiger charge is -2.33. The normalized spacial score (nSPS) is 24.6. The van der Waals surface area contributed by atoms with Crippen LogP contribution in [-0.2, 0) is 4.79 Å². The van der Waals surface area contributed by atoms with Crippen molar-refractivity contribution in [1.29, 1.82) is 0 Å². The lowest BCUT2D eigenvalue weighted by molar-refractivity contribution is -0.122. The van der Waals surface area contributed by atoms with Gasteiger partial charge in [-0.3, -0.25) is 4.79 Å². The van der Waals surface area contributed by atoms with Gasteiger partial charge in [0.2, 0.25) is 5.91 Å². The van der Waals surface area contributed by atoms with Crippen molar-refractivity contribution in [2.24, 2.45) is 0 Å². The summed E-state index contributed by atoms with van der Waals surface area (Å²) in [6.07, 6.45) is 3.15. The summed E-state index contributed by atoms with van der Waals surface area (Å²) in [5.41, 5.74) is 0.554. The minimum Gasteiger partial charge on any atom is -0.304 e. The largest absolute Gasteiger partial charge is 0.304 e. The zero-order valence-corrected chi connectivity index (χ0v) is 11.4. The number of anilines is 1. The van der Waals surface area contributed by atoms with Crippen LogP contribution < -0.4 is 10.6 Å². The number of nitrogens with zero attached hydrogens (tertiary/aromatic N) is 1. The summed E-state index contributed by atoms with van der Waals surface area (Å²) in [6, 6.07) is 0. The van der Waals surface area contributed by atoms with Crippen LogP contribution in [-0.4, -0.2) is 23.0 Å². The average Bonchev–Trinajstić information content (AvgIpc) is 2.59. The number of hydrogen-bond donors (Lipinski definition) is 2. The second-order valence-corrected chi connectivity index (χ2v) is 6.03. The van der Waals surface area contributed by atoms with Gasteiger partial charge in [0.1, 0.15) is 0 Å². The molecule has 94 valence electrons. The highest BCUT2D eigenvalue weighted by molar-refractivity contribution is 7.15. The minimum atomic E-state index is -0.439. The van der Waals surface area contributed by atoms with Crippen LogP contribution in [0.5, 0.6) is 0 Å². The number of carbonyl (C=O) groups excluding carboxylic acids is 1. The van der Waals surface area contributed by atoms with Gasteiger partial charge in [-0.2, -0.15) is 0 Å². The van der Waals surface area contributed by atoms with E-state index in [2.05, 4.69) is 15.6 Å². The van der Waals surface area contributed by atoms with Crippen LogP contribution in [0.15, 0.2) is 0 Å². The van der Waals surface area contributed by atoms with Gasteiger partial charge in [0, 0.05) is 4.88 Å². The van der Waals surface area contributed by atoms with E-state index in [9.17, 15) is 4.79 Å². The Kier molecular flexibility index (Phi) is 3.49. The molecule has 0 aliphatic carbocycles. The summed E-state index contributed by atoms with van der Waals surface area (Å²) in [5, 5.41) is 6.93. The summed E-state index contributed by atoms with van der Waals surface area (Å²) >= 11 is 1.53. The van der Waals surface area contributed by atoms with E-state index in [4.69, 9.17) is 0 Å². The van der Waals surface area contributed by atoms with E-state index >= 15 is 0 Å². The second-order valence-electron chi connectivity index (χ2n) is 4.83. The molecule has 17 heavy (non-hydrogen) atoms. The van der Waals surface area contributed by atoms with E-state index in [1.807, 2.05) is 20.8 Å². The summed E-state index contributed by atoms with van der Waals surface area (Å²) in [4.78, 5) is 17.7. The molecule has 0 bridgehead atoms. The molecule has 0 spiro atoms. The molecular formula is C12H19N3OS. The Bertz CT molecular complexity index is 402. The van der Waals surface area contributed by atoms with E-state index in [0.717, 1.165) is 36.4 Å². The third-order valence-electron chi connectivity index (χ3n) is 3.37. The first kappa shape index (κ1) is 12.5. The molecular weight excluding hydrogens is 234 g/mol. The Morgan fingerprint density at radius 3 is 2.76 bits per heavy atom. The van der Waals surface area contributed by atoms with Crippen LogP contribution in [0.1, 0.15) is 36.8 Å². The molecule has 1 aliphatic rings. The van der Waals surface area contributed by atoms with Crippen LogP contribution in [0.25, 0.3) is 0 Å². The Labute approximate surface area is 106 Å². The fourth-order valence-electron chi connectivity index (χ4n) is 2.01. The smallest absolute Gasteiger partial charge is 0.246 e. The molecule has 1 aromatic heterocycles. The molecule has 1 aromatic rings. The van der Waals surface area contributed by atoms with Crippen molar-refractivity contribution in [3.05, 3.63) is 10.6 Å². The van der Waals surface area contributed by atoms with Crippen LogP contribution in [0.4, 0.5) is 5.13 Å². The third-order valence-corrected chi connectivity index (χ3v) is 4.36. The zero-order chi connectivity index (χ0) is 12.5. The summed E-state index contributed by atoms with van der Waals surface area (Å²) in [7, 11) is 0. The Balaban J connectivity index is 2.05. The van der Waals surface area contributed by atoms with Gasteiger partial charge in [-0.25, -0.2) is 4.98 Å². The highest BCUT2D eigenvalue weighted by Gasteiger charge is 2.34. The monoisotopic (exact) mass is 253 g/mol. The maximum atomic E-state index is 12.2. The molecule has 4 nitrogen and oxygen atoms in total. The Hall–Kier alpha value is -0.940. The maximum Gasteiger partial charge on any atom is 0.246 e. The maximum absolute atomic E-state index is 12.2. The van der Waals surface area contributed by atoms with E-state index < -0.39 is 5.54 Å². The fourth-order valence-corrected chi connectivity index (χ4v) is 2.82. The highest BCUT2D eigenvalue weighted by Crippen LogP contribution is 2.24. The third kappa shape index (κ3) is 2.66. The van der Waals surface area contributed by atoms with Gasteiger partial charge in [-0.15, -0.1) is 11.3 Å². The Morgan fingerprint density at radius 2 is 2.24 bits per heavy atom. The molecule has 1 amide bonds. The standard InChI is InChI=1S/C12H19N3OS/c1-8-9(2)17-11(14-8)15-10(16)12(3)6-4-5-7-13-12/h13H,4-7H2,1-3H3,(H,14,15,16). The van der Waals surface area contributed by atoms with Crippen molar-refractivity contribution in [3.63, 3.8) is 0 Å². The number of amides is 1. The summed E-state index contributed by atoms with van der Waals surface area (Å²) in [6.45, 7) is 6.86. The lowest BCUT2D eigenvalue weighted by Crippen LogP contribution is -2.54. The second kappa shape index (κ2) is 4.74. The number of nitrogens with one attached hydrogen (secondary N) is 2. The molecule has 1 atom stereocenters. The number of hydrogen-bond acceptors (Lipinski definition) is 4. The van der Waals surface area contributed by atoms with Gasteiger partial charge >= 0.3 is 0 Å². The summed E-state index contributed by atoms with van der Waals surface area (Å²) < 4.78 is 0. The van der Waals surface area contributed by atoms with Crippen molar-refractivity contribution in [1.82, 2.24) is 10.3 Å². The van der Waals surface area contributed by atoms with E-state index in [-0.39, 0.29) is 5.91 Å². The van der Waals surface area contributed by atoms with Crippen molar-refractivity contribution in [2.45, 2.75) is 45.6 Å². The number of aromatic nitrogens is 1. The van der Waals surface area contributed by atoms with Crippen LogP contribution in [0.2, 0.25) is 0 Å². The minimum absolute atomic E-state index is 0.0333. The molecule has 5 heteroatoms. The predicted octanol–water partition coefficient (Wildman–Crippen LogP) is 2.23. The van der Waals surface area contributed by atoms with E-state index in [1.54, 1.807) is 0 Å². The van der Waals surface area contributed by atoms with E-state index in [1.165, 1.54) is 11.3 Å². The van der Waals surface area contributed by atoms with Gasteiger partial charge in [-0.05, 0) is 46.6 Å². The van der Waals surface area contributed by atoms with Gasteiger partial charge in [-0.1, -0.05) is 0 Å². The first-order valence-corrected chi connectivity index (χ1v) is 6.83. The number of carbonyl (C=O) groups is 1. The van der Waals surface area contributed by atoms with Crippen LogP contribution >= 0.6 is 11.3 Å². The van der Waals surface area contributed by atoms with Gasteiger partial charge < -0.3 is 10.6 Å². The van der Waals surface area contributed by atoms with Crippen molar-refractivity contribution >= 4 is 22.4 Å². The molecule has 0 radical (unpaired) electrons. The molecule has 1 fully saturated rings. The first-order valence-electron chi connectivity index (χ1n) is 6.02. The fraction of sp³-hybridized carbons (Fsp3) is 0.667. The SMILES string of the molecule is Cc1nc(NC(=O)C2(C)CCCCN2)sc1C. The predicted molar refractivity (Wildman–Crippen MR) is 70.5 cm³/mol. The van der Waals surface area contributed by atoms with Gasteiger partial charge in [0.25, 0.3) is 0 Å². The molecule has 0 aromatic carbocycles. The molecule has 1 saturated heterocycles. The first-order chi connectivity index (χ1) is 8.01. The van der Waals surface area contributed by atoms with Gasteiger partial charge in [0.05, 0.1) is 11.2 Å². The quantitative estimate of drug-likeness (QED) is 0.850. The number of aryl methyl sites for hydroxylation is 2. The average molecular weight is 253 g/mol. The molecule has 2 rings (SSSR count). The highest BCUT2D eigenvalue weighted by atomic mass is 32.1. The van der Waals surface area contributed by atoms with Crippen LogP contribution in [0.3, 0.4) is 0 Å². The molecule has 2 N–H and O–H groups in total. The van der Waals surface area contributed by atoms with Crippen molar-refractivity contribution in [2.75, 3.05) is 11.9 Å². The molecule has 1 aliphatic heterocycles. The van der Waals surface area contributed by atoms with Crippen molar-refractivity contribution in [3.8, 4) is 0 Å². The Morgan fingerprint density at radius 1 is 1.47 bits per heavy atom. The van der Waals surface area contributed by atoms with Crippen LogP contribution in [0, 0.1) is 13.8 Å². The van der Waals surface area contributed by atoms with Crippen molar-refractivity contribution < 1.29 is 4.79 Å². The number of piperidine rings is 1. The van der Waals surface area contributed by atoms with Gasteiger partial charge in [0.15, 0.2) is 5.13 Å². The molecule has 2 heterocycles. The lowest BCUT2D eigenvalue weighted by atomic mass is 9.90. The molecule has 1 unspecified atom stereocenters. The summed E-state index contributed by atoms with van der Waals surface area (Å²) in [5.74, 6) is 0.0333. The topological polar surface area (TPSA) is 54.0 Å². The molecule has 0 saturated carbocycles. The van der Waals surface area contributed by atoms with E-state index in [0.29, 0.717) is 5.13 Å². The number of thiazole rings is 1.